The molecule has 0 saturated heterocycles. The van der Waals surface area contributed by atoms with E-state index >= 15 is 0 Å². The van der Waals surface area contributed by atoms with Gasteiger partial charge in [0.05, 0.1) is 11.6 Å². The summed E-state index contributed by atoms with van der Waals surface area (Å²) in [5.41, 5.74) is 2.58. The van der Waals surface area contributed by atoms with Crippen LogP contribution in [0.1, 0.15) is 24.1 Å². The van der Waals surface area contributed by atoms with Gasteiger partial charge in [0, 0.05) is 5.70 Å². The molecule has 1 atom stereocenters. The molecule has 1 heterocycles. The van der Waals surface area contributed by atoms with E-state index in [9.17, 15) is 9.59 Å². The third-order valence-corrected chi connectivity index (χ3v) is 4.26. The van der Waals surface area contributed by atoms with Crippen molar-refractivity contribution in [1.29, 1.82) is 0 Å². The highest BCUT2D eigenvalue weighted by Gasteiger charge is 2.32. The predicted molar refractivity (Wildman–Crippen MR) is 105 cm³/mol. The number of ether oxygens (including phenoxy) is 2. The van der Waals surface area contributed by atoms with E-state index < -0.39 is 12.0 Å². The van der Waals surface area contributed by atoms with Crippen molar-refractivity contribution >= 4 is 12.0 Å². The van der Waals surface area contributed by atoms with Gasteiger partial charge in [-0.05, 0) is 30.2 Å². The fourth-order valence-electron chi connectivity index (χ4n) is 2.95. The summed E-state index contributed by atoms with van der Waals surface area (Å²) < 4.78 is 11.1. The van der Waals surface area contributed by atoms with Crippen LogP contribution in [0.5, 0.6) is 5.75 Å². The van der Waals surface area contributed by atoms with Crippen LogP contribution in [-0.4, -0.2) is 18.6 Å². The number of allylic oxidation sites excluding steroid dienone is 1. The first-order valence-corrected chi connectivity index (χ1v) is 8.91. The number of carbonyl (C=O) groups is 2. The molecule has 0 saturated carbocycles. The molecule has 6 nitrogen and oxygen atoms in total. The minimum absolute atomic E-state index is 0.0938. The summed E-state index contributed by atoms with van der Waals surface area (Å²) in [6.45, 7) is 5.74. The second kappa shape index (κ2) is 8.90. The molecule has 2 aromatic rings. The SMILES string of the molecule is C=CCOC(=O)C1=C(C)NC(=O)N[C@@H]1c1cccc(OCc2ccccc2)c1. The van der Waals surface area contributed by atoms with Gasteiger partial charge in [0.1, 0.15) is 19.0 Å². The number of urea groups is 1. The summed E-state index contributed by atoms with van der Waals surface area (Å²) in [6, 6.07) is 16.1. The number of nitrogens with one attached hydrogen (secondary N) is 2. The summed E-state index contributed by atoms with van der Waals surface area (Å²) in [7, 11) is 0. The highest BCUT2D eigenvalue weighted by atomic mass is 16.5. The Morgan fingerprint density at radius 3 is 2.71 bits per heavy atom. The lowest BCUT2D eigenvalue weighted by atomic mass is 9.95. The number of hydrogen-bond donors (Lipinski definition) is 2. The van der Waals surface area contributed by atoms with Crippen molar-refractivity contribution < 1.29 is 19.1 Å². The molecule has 6 heteroatoms. The van der Waals surface area contributed by atoms with E-state index in [4.69, 9.17) is 9.47 Å². The van der Waals surface area contributed by atoms with Gasteiger partial charge in [-0.15, -0.1) is 0 Å². The molecule has 0 bridgehead atoms. The molecular weight excluding hydrogens is 356 g/mol. The Kier molecular flexibility index (Phi) is 6.11. The zero-order valence-corrected chi connectivity index (χ0v) is 15.6. The lowest BCUT2D eigenvalue weighted by molar-refractivity contribution is -0.138. The molecule has 0 aromatic heterocycles. The number of carbonyl (C=O) groups excluding carboxylic acids is 2. The zero-order chi connectivity index (χ0) is 19.9. The maximum Gasteiger partial charge on any atom is 0.338 e. The Bertz CT molecular complexity index is 906. The first-order valence-electron chi connectivity index (χ1n) is 8.91. The van der Waals surface area contributed by atoms with Gasteiger partial charge in [0.2, 0.25) is 0 Å². The quantitative estimate of drug-likeness (QED) is 0.570. The summed E-state index contributed by atoms with van der Waals surface area (Å²) >= 11 is 0. The van der Waals surface area contributed by atoms with Crippen molar-refractivity contribution in [1.82, 2.24) is 10.6 Å². The number of benzene rings is 2. The molecule has 0 aliphatic carbocycles. The van der Waals surface area contributed by atoms with Gasteiger partial charge >= 0.3 is 12.0 Å². The average molecular weight is 378 g/mol. The van der Waals surface area contributed by atoms with Crippen molar-refractivity contribution in [3.63, 3.8) is 0 Å². The van der Waals surface area contributed by atoms with Crippen LogP contribution in [0.25, 0.3) is 0 Å². The minimum Gasteiger partial charge on any atom is -0.489 e. The highest BCUT2D eigenvalue weighted by Crippen LogP contribution is 2.29. The fraction of sp³-hybridized carbons (Fsp3) is 0.182. The normalized spacial score (nSPS) is 16.0. The molecule has 28 heavy (non-hydrogen) atoms. The van der Waals surface area contributed by atoms with Gasteiger partial charge in [-0.1, -0.05) is 55.1 Å². The molecule has 2 N–H and O–H groups in total. The van der Waals surface area contributed by atoms with Gasteiger partial charge < -0.3 is 20.1 Å². The second-order valence-corrected chi connectivity index (χ2v) is 6.30. The molecule has 0 unspecified atom stereocenters. The van der Waals surface area contributed by atoms with Crippen molar-refractivity contribution in [2.45, 2.75) is 19.6 Å². The summed E-state index contributed by atoms with van der Waals surface area (Å²) in [6.07, 6.45) is 1.50. The lowest BCUT2D eigenvalue weighted by Crippen LogP contribution is -2.45. The number of hydrogen-bond acceptors (Lipinski definition) is 4. The van der Waals surface area contributed by atoms with Crippen LogP contribution in [0.15, 0.2) is 78.5 Å². The van der Waals surface area contributed by atoms with Crippen LogP contribution < -0.4 is 15.4 Å². The van der Waals surface area contributed by atoms with E-state index in [2.05, 4.69) is 17.2 Å². The molecule has 0 fully saturated rings. The summed E-state index contributed by atoms with van der Waals surface area (Å²) in [4.78, 5) is 24.5. The topological polar surface area (TPSA) is 76.7 Å². The van der Waals surface area contributed by atoms with Gasteiger partial charge in [-0.25, -0.2) is 9.59 Å². The molecule has 2 amide bonds. The van der Waals surface area contributed by atoms with E-state index in [0.29, 0.717) is 23.6 Å². The Hall–Kier alpha value is -3.54. The lowest BCUT2D eigenvalue weighted by Gasteiger charge is -2.28. The van der Waals surface area contributed by atoms with E-state index in [1.54, 1.807) is 6.92 Å². The number of rotatable bonds is 7. The Morgan fingerprint density at radius 2 is 1.96 bits per heavy atom. The van der Waals surface area contributed by atoms with Crippen molar-refractivity contribution in [3.8, 4) is 5.75 Å². The molecule has 1 aliphatic rings. The van der Waals surface area contributed by atoms with Crippen LogP contribution >= 0.6 is 0 Å². The van der Waals surface area contributed by atoms with E-state index in [-0.39, 0.29) is 12.6 Å². The maximum absolute atomic E-state index is 12.5. The molecule has 1 aliphatic heterocycles. The van der Waals surface area contributed by atoms with Gasteiger partial charge in [-0.3, -0.25) is 0 Å². The Balaban J connectivity index is 1.83. The van der Waals surface area contributed by atoms with Crippen molar-refractivity contribution in [2.75, 3.05) is 6.61 Å². The molecule has 0 radical (unpaired) electrons. The van der Waals surface area contributed by atoms with E-state index in [1.165, 1.54) is 6.08 Å². The standard InChI is InChI=1S/C22H22N2O4/c1-3-12-27-21(25)19-15(2)23-22(26)24-20(19)17-10-7-11-18(13-17)28-14-16-8-5-4-6-9-16/h3-11,13,20H,1,12,14H2,2H3,(H2,23,24,26)/t20-/m1/s1. The van der Waals surface area contributed by atoms with Gasteiger partial charge in [0.15, 0.2) is 0 Å². The fourth-order valence-corrected chi connectivity index (χ4v) is 2.95. The van der Waals surface area contributed by atoms with Crippen LogP contribution in [0.3, 0.4) is 0 Å². The Morgan fingerprint density at radius 1 is 1.18 bits per heavy atom. The van der Waals surface area contributed by atoms with Crippen molar-refractivity contribution in [2.24, 2.45) is 0 Å². The number of esters is 1. The summed E-state index contributed by atoms with van der Waals surface area (Å²) in [5, 5.41) is 5.40. The van der Waals surface area contributed by atoms with E-state index in [0.717, 1.165) is 11.1 Å². The average Bonchev–Trinajstić information content (AvgIpc) is 2.71. The first kappa shape index (κ1) is 19.2. The third-order valence-electron chi connectivity index (χ3n) is 4.26. The highest BCUT2D eigenvalue weighted by molar-refractivity contribution is 5.95. The maximum atomic E-state index is 12.5. The predicted octanol–water partition coefficient (Wildman–Crippen LogP) is 3.62. The number of amides is 2. The van der Waals surface area contributed by atoms with Gasteiger partial charge in [-0.2, -0.15) is 0 Å². The second-order valence-electron chi connectivity index (χ2n) is 6.30. The van der Waals surface area contributed by atoms with Crippen LogP contribution in [0, 0.1) is 0 Å². The molecular formula is C22H22N2O4. The smallest absolute Gasteiger partial charge is 0.338 e. The van der Waals surface area contributed by atoms with Crippen LogP contribution in [0.2, 0.25) is 0 Å². The zero-order valence-electron chi connectivity index (χ0n) is 15.6. The molecule has 3 rings (SSSR count). The van der Waals surface area contributed by atoms with Crippen LogP contribution in [0.4, 0.5) is 4.79 Å². The summed E-state index contributed by atoms with van der Waals surface area (Å²) in [5.74, 6) is 0.135. The monoisotopic (exact) mass is 378 g/mol. The largest absolute Gasteiger partial charge is 0.489 e. The third kappa shape index (κ3) is 4.59. The minimum atomic E-state index is -0.633. The van der Waals surface area contributed by atoms with E-state index in [1.807, 2.05) is 54.6 Å². The first-order chi connectivity index (χ1) is 13.6. The molecule has 144 valence electrons. The Labute approximate surface area is 163 Å². The molecule has 2 aromatic carbocycles. The molecule has 0 spiro atoms. The van der Waals surface area contributed by atoms with Crippen LogP contribution in [-0.2, 0) is 16.1 Å². The van der Waals surface area contributed by atoms with Crippen molar-refractivity contribution in [3.05, 3.63) is 89.6 Å². The van der Waals surface area contributed by atoms with Gasteiger partial charge in [0.25, 0.3) is 0 Å².